The summed E-state index contributed by atoms with van der Waals surface area (Å²) in [5.74, 6) is 0.725. The Hall–Kier alpha value is -1.14. The molecule has 108 valence electrons. The van der Waals surface area contributed by atoms with E-state index in [1.165, 1.54) is 0 Å². The van der Waals surface area contributed by atoms with Crippen LogP contribution < -0.4 is 10.6 Å². The van der Waals surface area contributed by atoms with Crippen molar-refractivity contribution in [1.82, 2.24) is 15.5 Å². The molecule has 2 saturated heterocycles. The highest BCUT2D eigenvalue weighted by Crippen LogP contribution is 2.25. The van der Waals surface area contributed by atoms with Crippen LogP contribution in [0.1, 0.15) is 19.3 Å². The SMILES string of the molecule is COCCNCC(=O)N1CCC2NC(=O)CCC2C1. The van der Waals surface area contributed by atoms with Crippen molar-refractivity contribution in [3.63, 3.8) is 0 Å². The second-order valence-corrected chi connectivity index (χ2v) is 5.27. The molecule has 6 heteroatoms. The van der Waals surface area contributed by atoms with E-state index in [2.05, 4.69) is 10.6 Å². The molecule has 2 heterocycles. The van der Waals surface area contributed by atoms with Crippen LogP contribution in [0.4, 0.5) is 0 Å². The van der Waals surface area contributed by atoms with Gasteiger partial charge in [-0.05, 0) is 18.8 Å². The second-order valence-electron chi connectivity index (χ2n) is 5.27. The van der Waals surface area contributed by atoms with E-state index in [1.807, 2.05) is 4.90 Å². The average molecular weight is 269 g/mol. The van der Waals surface area contributed by atoms with E-state index in [9.17, 15) is 9.59 Å². The van der Waals surface area contributed by atoms with Gasteiger partial charge in [-0.2, -0.15) is 0 Å². The third-order valence-electron chi connectivity index (χ3n) is 3.93. The van der Waals surface area contributed by atoms with Crippen LogP contribution in [0.25, 0.3) is 0 Å². The van der Waals surface area contributed by atoms with Crippen molar-refractivity contribution < 1.29 is 14.3 Å². The number of likely N-dealkylation sites (tertiary alicyclic amines) is 1. The minimum absolute atomic E-state index is 0.145. The number of nitrogens with one attached hydrogen (secondary N) is 2. The molecule has 0 aromatic carbocycles. The van der Waals surface area contributed by atoms with Crippen LogP contribution >= 0.6 is 0 Å². The van der Waals surface area contributed by atoms with Gasteiger partial charge < -0.3 is 20.3 Å². The topological polar surface area (TPSA) is 70.7 Å². The molecule has 0 aromatic heterocycles. The lowest BCUT2D eigenvalue weighted by molar-refractivity contribution is -0.134. The minimum atomic E-state index is 0.145. The molecular weight excluding hydrogens is 246 g/mol. The number of fused-ring (bicyclic) bond motifs is 1. The minimum Gasteiger partial charge on any atom is -0.383 e. The van der Waals surface area contributed by atoms with Gasteiger partial charge in [0.1, 0.15) is 0 Å². The van der Waals surface area contributed by atoms with Crippen LogP contribution in [0, 0.1) is 5.92 Å². The number of rotatable bonds is 5. The van der Waals surface area contributed by atoms with Crippen LogP contribution in [0.2, 0.25) is 0 Å². The van der Waals surface area contributed by atoms with E-state index in [4.69, 9.17) is 4.74 Å². The summed E-state index contributed by atoms with van der Waals surface area (Å²) < 4.78 is 4.92. The van der Waals surface area contributed by atoms with E-state index < -0.39 is 0 Å². The lowest BCUT2D eigenvalue weighted by Gasteiger charge is -2.41. The average Bonchev–Trinajstić information content (AvgIpc) is 2.42. The first-order valence-electron chi connectivity index (χ1n) is 6.97. The Balaban J connectivity index is 1.74. The molecule has 2 amide bonds. The van der Waals surface area contributed by atoms with Crippen LogP contribution in [0.15, 0.2) is 0 Å². The van der Waals surface area contributed by atoms with Crippen LogP contribution in [-0.4, -0.2) is 62.7 Å². The lowest BCUT2D eigenvalue weighted by atomic mass is 9.85. The largest absolute Gasteiger partial charge is 0.383 e. The van der Waals surface area contributed by atoms with Crippen LogP contribution in [-0.2, 0) is 14.3 Å². The zero-order valence-corrected chi connectivity index (χ0v) is 11.5. The van der Waals surface area contributed by atoms with Crippen molar-refractivity contribution in [2.24, 2.45) is 5.92 Å². The molecule has 6 nitrogen and oxygen atoms in total. The van der Waals surface area contributed by atoms with Gasteiger partial charge in [-0.25, -0.2) is 0 Å². The molecule has 2 aliphatic rings. The standard InChI is InChI=1S/C13H23N3O3/c1-19-7-5-14-8-13(18)16-6-4-11-10(9-16)2-3-12(17)15-11/h10-11,14H,2-9H2,1H3,(H,15,17). The van der Waals surface area contributed by atoms with Gasteiger partial charge in [0.05, 0.1) is 13.2 Å². The third-order valence-corrected chi connectivity index (χ3v) is 3.93. The van der Waals surface area contributed by atoms with Crippen molar-refractivity contribution in [2.45, 2.75) is 25.3 Å². The van der Waals surface area contributed by atoms with Gasteiger partial charge >= 0.3 is 0 Å². The first-order valence-corrected chi connectivity index (χ1v) is 6.97. The molecule has 2 atom stereocenters. The number of hydrogen-bond donors (Lipinski definition) is 2. The summed E-state index contributed by atoms with van der Waals surface area (Å²) in [6, 6.07) is 0.270. The van der Waals surface area contributed by atoms with Gasteiger partial charge in [0.2, 0.25) is 11.8 Å². The Morgan fingerprint density at radius 3 is 3.16 bits per heavy atom. The molecule has 0 aromatic rings. The number of amides is 2. The Labute approximate surface area is 113 Å². The molecular formula is C13H23N3O3. The fourth-order valence-electron chi connectivity index (χ4n) is 2.82. The maximum Gasteiger partial charge on any atom is 0.236 e. The predicted octanol–water partition coefficient (Wildman–Crippen LogP) is -0.650. The van der Waals surface area contributed by atoms with Gasteiger partial charge in [-0.15, -0.1) is 0 Å². The highest BCUT2D eigenvalue weighted by Gasteiger charge is 2.34. The van der Waals surface area contributed by atoms with Gasteiger partial charge in [0.15, 0.2) is 0 Å². The summed E-state index contributed by atoms with van der Waals surface area (Å²) in [4.78, 5) is 25.3. The highest BCUT2D eigenvalue weighted by molar-refractivity contribution is 5.79. The van der Waals surface area contributed by atoms with E-state index in [0.29, 0.717) is 32.0 Å². The predicted molar refractivity (Wildman–Crippen MR) is 70.6 cm³/mol. The molecule has 0 bridgehead atoms. The van der Waals surface area contributed by atoms with E-state index in [1.54, 1.807) is 7.11 Å². The smallest absolute Gasteiger partial charge is 0.236 e. The summed E-state index contributed by atoms with van der Waals surface area (Å²) in [6.45, 7) is 3.19. The Morgan fingerprint density at radius 1 is 1.53 bits per heavy atom. The van der Waals surface area contributed by atoms with Crippen molar-refractivity contribution in [3.8, 4) is 0 Å². The maximum absolute atomic E-state index is 12.0. The number of ether oxygens (including phenoxy) is 1. The number of carbonyl (C=O) groups is 2. The van der Waals surface area contributed by atoms with Crippen molar-refractivity contribution in [3.05, 3.63) is 0 Å². The van der Waals surface area contributed by atoms with Crippen molar-refractivity contribution >= 4 is 11.8 Å². The Morgan fingerprint density at radius 2 is 2.37 bits per heavy atom. The highest BCUT2D eigenvalue weighted by atomic mass is 16.5. The summed E-state index contributed by atoms with van der Waals surface area (Å²) >= 11 is 0. The monoisotopic (exact) mass is 269 g/mol. The summed E-state index contributed by atoms with van der Waals surface area (Å²) in [5, 5.41) is 6.11. The third kappa shape index (κ3) is 3.91. The summed E-state index contributed by atoms with van der Waals surface area (Å²) in [5.41, 5.74) is 0. The quantitative estimate of drug-likeness (QED) is 0.651. The molecule has 2 unspecified atom stereocenters. The Kier molecular flexibility index (Phi) is 5.15. The zero-order valence-electron chi connectivity index (χ0n) is 11.5. The van der Waals surface area contributed by atoms with Gasteiger partial charge in [-0.3, -0.25) is 9.59 Å². The number of hydrogen-bond acceptors (Lipinski definition) is 4. The van der Waals surface area contributed by atoms with E-state index >= 15 is 0 Å². The Bertz CT molecular complexity index is 335. The summed E-state index contributed by atoms with van der Waals surface area (Å²) in [7, 11) is 1.64. The molecule has 0 radical (unpaired) electrons. The first-order chi connectivity index (χ1) is 9.20. The number of carbonyl (C=O) groups excluding carboxylic acids is 2. The normalized spacial score (nSPS) is 26.8. The number of piperidine rings is 2. The lowest BCUT2D eigenvalue weighted by Crippen LogP contribution is -2.56. The number of methoxy groups -OCH3 is 1. The van der Waals surface area contributed by atoms with Gasteiger partial charge in [0, 0.05) is 39.2 Å². The first kappa shape index (κ1) is 14.3. The fraction of sp³-hybridized carbons (Fsp3) is 0.846. The molecule has 2 aliphatic heterocycles. The van der Waals surface area contributed by atoms with Gasteiger partial charge in [-0.1, -0.05) is 0 Å². The van der Waals surface area contributed by atoms with Crippen molar-refractivity contribution in [1.29, 1.82) is 0 Å². The molecule has 2 rings (SSSR count). The van der Waals surface area contributed by atoms with E-state index in [-0.39, 0.29) is 17.9 Å². The van der Waals surface area contributed by atoms with E-state index in [0.717, 1.165) is 25.9 Å². The number of nitrogens with zero attached hydrogens (tertiary/aromatic N) is 1. The molecule has 0 aliphatic carbocycles. The second kappa shape index (κ2) is 6.86. The molecule has 19 heavy (non-hydrogen) atoms. The summed E-state index contributed by atoms with van der Waals surface area (Å²) in [6.07, 6.45) is 2.37. The molecule has 0 saturated carbocycles. The van der Waals surface area contributed by atoms with Gasteiger partial charge in [0.25, 0.3) is 0 Å². The van der Waals surface area contributed by atoms with Crippen molar-refractivity contribution in [2.75, 3.05) is 39.9 Å². The molecule has 2 fully saturated rings. The molecule has 2 N–H and O–H groups in total. The fourth-order valence-corrected chi connectivity index (χ4v) is 2.82. The molecule has 0 spiro atoms. The maximum atomic E-state index is 12.0. The zero-order chi connectivity index (χ0) is 13.7. The van der Waals surface area contributed by atoms with Crippen LogP contribution in [0.3, 0.4) is 0 Å². The van der Waals surface area contributed by atoms with Crippen LogP contribution in [0.5, 0.6) is 0 Å².